The van der Waals surface area contributed by atoms with Gasteiger partial charge in [-0.3, -0.25) is 24.5 Å². The van der Waals surface area contributed by atoms with Gasteiger partial charge in [0.25, 0.3) is 17.5 Å². The van der Waals surface area contributed by atoms with Crippen molar-refractivity contribution in [3.8, 4) is 0 Å². The molecular weight excluding hydrogens is 414 g/mol. The molecule has 32 heavy (non-hydrogen) atoms. The number of benzene rings is 2. The first-order valence-electron chi connectivity index (χ1n) is 10.1. The minimum Gasteiger partial charge on any atom is -0.362 e. The second kappa shape index (κ2) is 9.46. The zero-order valence-electron chi connectivity index (χ0n) is 18.2. The fourth-order valence-electron chi connectivity index (χ4n) is 3.69. The van der Waals surface area contributed by atoms with Crippen LogP contribution in [0.15, 0.2) is 36.4 Å². The SMILES string of the molecule is CNC(=O)c1cccc(NC(=O)c2ccc(N3CCN(C(C)=O)CC3)c([N+](=O)[O-])c2)c1C. The van der Waals surface area contributed by atoms with E-state index in [2.05, 4.69) is 10.6 Å². The number of hydrogen-bond donors (Lipinski definition) is 2. The fraction of sp³-hybridized carbons (Fsp3) is 0.318. The van der Waals surface area contributed by atoms with Crippen LogP contribution in [0.3, 0.4) is 0 Å². The Bertz CT molecular complexity index is 1080. The van der Waals surface area contributed by atoms with Crippen LogP contribution in [0.1, 0.15) is 33.2 Å². The number of hydrogen-bond acceptors (Lipinski definition) is 6. The quantitative estimate of drug-likeness (QED) is 0.543. The zero-order valence-corrected chi connectivity index (χ0v) is 18.2. The molecule has 1 saturated heterocycles. The van der Waals surface area contributed by atoms with Crippen molar-refractivity contribution >= 4 is 34.8 Å². The summed E-state index contributed by atoms with van der Waals surface area (Å²) in [5, 5.41) is 17.0. The molecule has 0 spiro atoms. The van der Waals surface area contributed by atoms with Crippen molar-refractivity contribution in [2.75, 3.05) is 43.4 Å². The molecule has 2 aromatic rings. The van der Waals surface area contributed by atoms with E-state index in [1.54, 1.807) is 36.1 Å². The Labute approximate surface area is 185 Å². The lowest BCUT2D eigenvalue weighted by Crippen LogP contribution is -2.48. The van der Waals surface area contributed by atoms with Crippen LogP contribution in [-0.4, -0.2) is 60.8 Å². The van der Waals surface area contributed by atoms with Crippen molar-refractivity contribution in [1.82, 2.24) is 10.2 Å². The summed E-state index contributed by atoms with van der Waals surface area (Å²) >= 11 is 0. The average molecular weight is 439 g/mol. The number of carbonyl (C=O) groups is 3. The topological polar surface area (TPSA) is 125 Å². The summed E-state index contributed by atoms with van der Waals surface area (Å²) in [5.74, 6) is -0.816. The second-order valence-electron chi connectivity index (χ2n) is 7.47. The highest BCUT2D eigenvalue weighted by atomic mass is 16.6. The summed E-state index contributed by atoms with van der Waals surface area (Å²) in [7, 11) is 1.52. The van der Waals surface area contributed by atoms with Gasteiger partial charge >= 0.3 is 0 Å². The molecule has 2 aromatic carbocycles. The standard InChI is InChI=1S/C22H25N5O5/c1-14-17(22(30)23-3)5-4-6-18(14)24-21(29)16-7-8-19(20(13-16)27(31)32)26-11-9-25(10-12-26)15(2)28/h4-8,13H,9-12H2,1-3H3,(H,23,30)(H,24,29). The lowest BCUT2D eigenvalue weighted by molar-refractivity contribution is -0.384. The van der Waals surface area contributed by atoms with Crippen LogP contribution in [0.5, 0.6) is 0 Å². The van der Waals surface area contributed by atoms with Crippen molar-refractivity contribution < 1.29 is 19.3 Å². The first-order chi connectivity index (χ1) is 15.2. The molecule has 3 rings (SSSR count). The van der Waals surface area contributed by atoms with E-state index in [1.807, 2.05) is 4.90 Å². The van der Waals surface area contributed by atoms with Crippen LogP contribution in [0.2, 0.25) is 0 Å². The van der Waals surface area contributed by atoms with E-state index in [1.165, 1.54) is 26.1 Å². The maximum atomic E-state index is 12.8. The van der Waals surface area contributed by atoms with Crippen molar-refractivity contribution in [1.29, 1.82) is 0 Å². The number of piperazine rings is 1. The fourth-order valence-corrected chi connectivity index (χ4v) is 3.69. The number of amides is 3. The van der Waals surface area contributed by atoms with Gasteiger partial charge in [0.05, 0.1) is 4.92 Å². The highest BCUT2D eigenvalue weighted by molar-refractivity contribution is 6.06. The Morgan fingerprint density at radius 2 is 1.72 bits per heavy atom. The van der Waals surface area contributed by atoms with E-state index in [4.69, 9.17) is 0 Å². The van der Waals surface area contributed by atoms with Crippen LogP contribution in [0.25, 0.3) is 0 Å². The van der Waals surface area contributed by atoms with E-state index < -0.39 is 10.8 Å². The van der Waals surface area contributed by atoms with Gasteiger partial charge < -0.3 is 20.4 Å². The van der Waals surface area contributed by atoms with E-state index in [9.17, 15) is 24.5 Å². The van der Waals surface area contributed by atoms with Crippen LogP contribution in [0.4, 0.5) is 17.1 Å². The molecule has 168 valence electrons. The van der Waals surface area contributed by atoms with E-state index in [0.717, 1.165) is 0 Å². The number of nitrogens with one attached hydrogen (secondary N) is 2. The molecule has 0 aliphatic carbocycles. The summed E-state index contributed by atoms with van der Waals surface area (Å²) in [5.41, 5.74) is 1.83. The van der Waals surface area contributed by atoms with Gasteiger partial charge in [-0.15, -0.1) is 0 Å². The lowest BCUT2D eigenvalue weighted by atomic mass is 10.1. The van der Waals surface area contributed by atoms with E-state index >= 15 is 0 Å². The molecule has 0 atom stereocenters. The highest BCUT2D eigenvalue weighted by Crippen LogP contribution is 2.30. The van der Waals surface area contributed by atoms with Crippen molar-refractivity contribution in [2.24, 2.45) is 0 Å². The Morgan fingerprint density at radius 3 is 2.31 bits per heavy atom. The second-order valence-corrected chi connectivity index (χ2v) is 7.47. The van der Waals surface area contributed by atoms with Gasteiger partial charge in [-0.2, -0.15) is 0 Å². The molecule has 0 unspecified atom stereocenters. The molecule has 1 aliphatic heterocycles. The molecule has 10 nitrogen and oxygen atoms in total. The number of carbonyl (C=O) groups excluding carboxylic acids is 3. The van der Waals surface area contributed by atoms with E-state index in [-0.39, 0.29) is 23.1 Å². The predicted octanol–water partition coefficient (Wildman–Crippen LogP) is 2.18. The Balaban J connectivity index is 1.83. The van der Waals surface area contributed by atoms with E-state index in [0.29, 0.717) is 48.7 Å². The Kier molecular flexibility index (Phi) is 6.72. The Morgan fingerprint density at radius 1 is 1.03 bits per heavy atom. The third-order valence-corrected chi connectivity index (χ3v) is 5.55. The molecule has 10 heteroatoms. The van der Waals surface area contributed by atoms with Crippen LogP contribution < -0.4 is 15.5 Å². The first-order valence-corrected chi connectivity index (χ1v) is 10.1. The highest BCUT2D eigenvalue weighted by Gasteiger charge is 2.26. The maximum Gasteiger partial charge on any atom is 0.293 e. The number of rotatable bonds is 5. The molecular formula is C22H25N5O5. The summed E-state index contributed by atoms with van der Waals surface area (Å²) in [4.78, 5) is 51.0. The van der Waals surface area contributed by atoms with Crippen LogP contribution >= 0.6 is 0 Å². The van der Waals surface area contributed by atoms with Gasteiger partial charge in [0, 0.05) is 63.0 Å². The monoisotopic (exact) mass is 439 g/mol. The third-order valence-electron chi connectivity index (χ3n) is 5.55. The zero-order chi connectivity index (χ0) is 23.4. The lowest BCUT2D eigenvalue weighted by Gasteiger charge is -2.35. The average Bonchev–Trinajstić information content (AvgIpc) is 2.79. The van der Waals surface area contributed by atoms with Gasteiger partial charge in [0.15, 0.2) is 0 Å². The minimum absolute atomic E-state index is 0.0260. The normalized spacial score (nSPS) is 13.5. The molecule has 0 aromatic heterocycles. The van der Waals surface area contributed by atoms with Gasteiger partial charge in [-0.05, 0) is 36.8 Å². The van der Waals surface area contributed by atoms with Gasteiger partial charge in [-0.1, -0.05) is 6.07 Å². The molecule has 0 radical (unpaired) electrons. The predicted molar refractivity (Wildman–Crippen MR) is 120 cm³/mol. The molecule has 0 bridgehead atoms. The summed E-state index contributed by atoms with van der Waals surface area (Å²) in [6, 6.07) is 9.31. The van der Waals surface area contributed by atoms with Crippen molar-refractivity contribution in [3.05, 3.63) is 63.2 Å². The molecule has 2 N–H and O–H groups in total. The van der Waals surface area contributed by atoms with Gasteiger partial charge in [0.1, 0.15) is 5.69 Å². The largest absolute Gasteiger partial charge is 0.362 e. The van der Waals surface area contributed by atoms with Gasteiger partial charge in [-0.25, -0.2) is 0 Å². The Hall–Kier alpha value is -3.95. The molecule has 1 fully saturated rings. The molecule has 3 amide bonds. The number of nitrogens with zero attached hydrogens (tertiary/aromatic N) is 3. The molecule has 1 aliphatic rings. The maximum absolute atomic E-state index is 12.8. The first kappa shape index (κ1) is 22.7. The summed E-state index contributed by atoms with van der Waals surface area (Å²) in [6.07, 6.45) is 0. The summed E-state index contributed by atoms with van der Waals surface area (Å²) in [6.45, 7) is 5.12. The van der Waals surface area contributed by atoms with Crippen LogP contribution in [0, 0.1) is 17.0 Å². The number of anilines is 2. The third kappa shape index (κ3) is 4.69. The smallest absolute Gasteiger partial charge is 0.293 e. The van der Waals surface area contributed by atoms with Crippen molar-refractivity contribution in [2.45, 2.75) is 13.8 Å². The van der Waals surface area contributed by atoms with Crippen LogP contribution in [-0.2, 0) is 4.79 Å². The molecule has 1 heterocycles. The summed E-state index contributed by atoms with van der Waals surface area (Å²) < 4.78 is 0. The van der Waals surface area contributed by atoms with Gasteiger partial charge in [0.2, 0.25) is 5.91 Å². The van der Waals surface area contributed by atoms with Crippen molar-refractivity contribution in [3.63, 3.8) is 0 Å². The molecule has 0 saturated carbocycles. The minimum atomic E-state index is -0.516. The number of nitro groups is 1. The number of nitro benzene ring substituents is 1.